The van der Waals surface area contributed by atoms with Gasteiger partial charge in [0.25, 0.3) is 5.91 Å². The number of carbonyl (C=O) groups is 1. The molecule has 0 aliphatic heterocycles. The van der Waals surface area contributed by atoms with Gasteiger partial charge >= 0.3 is 0 Å². The Bertz CT molecular complexity index is 1220. The SMILES string of the molecule is CCOc1ccc(-n2nc3cc(C)c(NC(=O)c4cccc(OCC)c4)cc3n2)cc1. The van der Waals surface area contributed by atoms with Crippen molar-refractivity contribution in [2.45, 2.75) is 20.8 Å². The number of aromatic nitrogens is 3. The molecule has 0 fully saturated rings. The maximum absolute atomic E-state index is 12.8. The summed E-state index contributed by atoms with van der Waals surface area (Å²) in [6.45, 7) is 6.95. The highest BCUT2D eigenvalue weighted by atomic mass is 16.5. The van der Waals surface area contributed by atoms with Gasteiger partial charge in [-0.3, -0.25) is 4.79 Å². The molecule has 0 radical (unpaired) electrons. The number of hydrogen-bond acceptors (Lipinski definition) is 5. The molecule has 0 bridgehead atoms. The Balaban J connectivity index is 1.58. The van der Waals surface area contributed by atoms with E-state index < -0.39 is 0 Å². The summed E-state index contributed by atoms with van der Waals surface area (Å²) in [7, 11) is 0. The molecule has 7 heteroatoms. The van der Waals surface area contributed by atoms with Crippen molar-refractivity contribution in [3.63, 3.8) is 0 Å². The van der Waals surface area contributed by atoms with Crippen molar-refractivity contribution in [1.82, 2.24) is 15.0 Å². The van der Waals surface area contributed by atoms with Gasteiger partial charge in [-0.15, -0.1) is 10.2 Å². The van der Waals surface area contributed by atoms with E-state index in [0.29, 0.717) is 35.7 Å². The maximum atomic E-state index is 12.8. The summed E-state index contributed by atoms with van der Waals surface area (Å²) < 4.78 is 11.0. The molecule has 0 spiro atoms. The second kappa shape index (κ2) is 8.87. The van der Waals surface area contributed by atoms with Crippen LogP contribution in [0.15, 0.2) is 60.7 Å². The lowest BCUT2D eigenvalue weighted by atomic mass is 10.1. The van der Waals surface area contributed by atoms with E-state index in [1.54, 1.807) is 23.0 Å². The van der Waals surface area contributed by atoms with E-state index in [4.69, 9.17) is 9.47 Å². The molecule has 158 valence electrons. The highest BCUT2D eigenvalue weighted by Crippen LogP contribution is 2.24. The van der Waals surface area contributed by atoms with E-state index in [1.165, 1.54) is 0 Å². The van der Waals surface area contributed by atoms with Crippen molar-refractivity contribution in [2.75, 3.05) is 18.5 Å². The minimum Gasteiger partial charge on any atom is -0.494 e. The standard InChI is InChI=1S/C24H24N4O3/c1-4-30-19-11-9-18(10-12-19)28-26-22-13-16(3)21(15-23(22)27-28)25-24(29)17-7-6-8-20(14-17)31-5-2/h6-15H,4-5H2,1-3H3,(H,25,29). The molecule has 3 aromatic carbocycles. The largest absolute Gasteiger partial charge is 0.494 e. The molecule has 0 saturated heterocycles. The van der Waals surface area contributed by atoms with Crippen LogP contribution in [-0.2, 0) is 0 Å². The monoisotopic (exact) mass is 416 g/mol. The zero-order valence-electron chi connectivity index (χ0n) is 17.8. The Kier molecular flexibility index (Phi) is 5.84. The van der Waals surface area contributed by atoms with Gasteiger partial charge in [0.2, 0.25) is 0 Å². The minimum atomic E-state index is -0.206. The third-order valence-corrected chi connectivity index (χ3v) is 4.76. The lowest BCUT2D eigenvalue weighted by molar-refractivity contribution is 0.102. The Labute approximate surface area is 180 Å². The molecule has 1 amide bonds. The van der Waals surface area contributed by atoms with Crippen LogP contribution in [0.2, 0.25) is 0 Å². The number of ether oxygens (including phenoxy) is 2. The van der Waals surface area contributed by atoms with Crippen molar-refractivity contribution in [1.29, 1.82) is 0 Å². The molecule has 31 heavy (non-hydrogen) atoms. The van der Waals surface area contributed by atoms with Crippen molar-refractivity contribution in [2.24, 2.45) is 0 Å². The van der Waals surface area contributed by atoms with E-state index in [9.17, 15) is 4.79 Å². The van der Waals surface area contributed by atoms with Gasteiger partial charge in [-0.05, 0) is 80.9 Å². The molecule has 1 N–H and O–H groups in total. The third-order valence-electron chi connectivity index (χ3n) is 4.76. The van der Waals surface area contributed by atoms with Gasteiger partial charge in [0.1, 0.15) is 22.5 Å². The van der Waals surface area contributed by atoms with Crippen molar-refractivity contribution in [3.8, 4) is 17.2 Å². The molecule has 1 heterocycles. The first kappa shape index (κ1) is 20.4. The molecule has 0 unspecified atom stereocenters. The topological polar surface area (TPSA) is 78.3 Å². The summed E-state index contributed by atoms with van der Waals surface area (Å²) in [4.78, 5) is 14.3. The number of aryl methyl sites for hydroxylation is 1. The molecule has 4 aromatic rings. The van der Waals surface area contributed by atoms with Gasteiger partial charge in [0.15, 0.2) is 0 Å². The highest BCUT2D eigenvalue weighted by Gasteiger charge is 2.12. The second-order valence-corrected chi connectivity index (χ2v) is 6.99. The molecule has 0 aliphatic rings. The summed E-state index contributed by atoms with van der Waals surface area (Å²) in [5.41, 5.74) is 4.40. The van der Waals surface area contributed by atoms with Gasteiger partial charge in [-0.2, -0.15) is 4.80 Å². The number of hydrogen-bond donors (Lipinski definition) is 1. The Hall–Kier alpha value is -3.87. The van der Waals surface area contributed by atoms with E-state index in [0.717, 1.165) is 22.5 Å². The summed E-state index contributed by atoms with van der Waals surface area (Å²) in [6.07, 6.45) is 0. The molecule has 7 nitrogen and oxygen atoms in total. The summed E-state index contributed by atoms with van der Waals surface area (Å²) in [6, 6.07) is 18.5. The molecule has 1 aromatic heterocycles. The van der Waals surface area contributed by atoms with Crippen molar-refractivity contribution >= 4 is 22.6 Å². The van der Waals surface area contributed by atoms with E-state index in [2.05, 4.69) is 15.5 Å². The Morgan fingerprint density at radius 2 is 1.58 bits per heavy atom. The van der Waals surface area contributed by atoms with Crippen LogP contribution in [-0.4, -0.2) is 34.1 Å². The Morgan fingerprint density at radius 1 is 0.903 bits per heavy atom. The lowest BCUT2D eigenvalue weighted by Gasteiger charge is -2.09. The molecule has 0 atom stereocenters. The van der Waals surface area contributed by atoms with E-state index >= 15 is 0 Å². The van der Waals surface area contributed by atoms with Crippen LogP contribution in [0.3, 0.4) is 0 Å². The van der Waals surface area contributed by atoms with Gasteiger partial charge in [-0.1, -0.05) is 6.07 Å². The fourth-order valence-electron chi connectivity index (χ4n) is 3.25. The average Bonchev–Trinajstić information content (AvgIpc) is 3.18. The number of rotatable bonds is 7. The first-order chi connectivity index (χ1) is 15.1. The van der Waals surface area contributed by atoms with Crippen molar-refractivity contribution < 1.29 is 14.3 Å². The quantitative estimate of drug-likeness (QED) is 0.469. The van der Waals surface area contributed by atoms with Crippen LogP contribution in [0.25, 0.3) is 16.7 Å². The average molecular weight is 416 g/mol. The molecule has 0 saturated carbocycles. The Morgan fingerprint density at radius 3 is 2.29 bits per heavy atom. The molecular formula is C24H24N4O3. The number of anilines is 1. The first-order valence-corrected chi connectivity index (χ1v) is 10.2. The molecule has 0 aliphatic carbocycles. The van der Waals surface area contributed by atoms with Crippen LogP contribution >= 0.6 is 0 Å². The smallest absolute Gasteiger partial charge is 0.255 e. The second-order valence-electron chi connectivity index (χ2n) is 6.99. The zero-order chi connectivity index (χ0) is 21.8. The van der Waals surface area contributed by atoms with Gasteiger partial charge in [0.05, 0.1) is 18.9 Å². The van der Waals surface area contributed by atoms with Gasteiger partial charge in [-0.25, -0.2) is 0 Å². The normalized spacial score (nSPS) is 10.8. The predicted octanol–water partition coefficient (Wildman–Crippen LogP) is 4.78. The molecule has 4 rings (SSSR count). The van der Waals surface area contributed by atoms with Gasteiger partial charge < -0.3 is 14.8 Å². The fraction of sp³-hybridized carbons (Fsp3) is 0.208. The highest BCUT2D eigenvalue weighted by molar-refractivity contribution is 6.05. The number of fused-ring (bicyclic) bond motifs is 1. The third kappa shape index (κ3) is 4.50. The fourth-order valence-corrected chi connectivity index (χ4v) is 3.25. The van der Waals surface area contributed by atoms with Crippen LogP contribution in [0.5, 0.6) is 11.5 Å². The summed E-state index contributed by atoms with van der Waals surface area (Å²) in [5, 5.41) is 12.1. The van der Waals surface area contributed by atoms with Crippen LogP contribution in [0, 0.1) is 6.92 Å². The maximum Gasteiger partial charge on any atom is 0.255 e. The van der Waals surface area contributed by atoms with E-state index in [-0.39, 0.29) is 5.91 Å². The zero-order valence-corrected chi connectivity index (χ0v) is 17.8. The molecular weight excluding hydrogens is 392 g/mol. The van der Waals surface area contributed by atoms with E-state index in [1.807, 2.05) is 63.2 Å². The van der Waals surface area contributed by atoms with Crippen LogP contribution < -0.4 is 14.8 Å². The number of amides is 1. The first-order valence-electron chi connectivity index (χ1n) is 10.2. The lowest BCUT2D eigenvalue weighted by Crippen LogP contribution is -2.13. The summed E-state index contributed by atoms with van der Waals surface area (Å²) in [5.74, 6) is 1.26. The van der Waals surface area contributed by atoms with Crippen LogP contribution in [0.1, 0.15) is 29.8 Å². The van der Waals surface area contributed by atoms with Crippen molar-refractivity contribution in [3.05, 3.63) is 71.8 Å². The number of benzene rings is 3. The predicted molar refractivity (Wildman–Crippen MR) is 120 cm³/mol. The summed E-state index contributed by atoms with van der Waals surface area (Å²) >= 11 is 0. The number of nitrogens with one attached hydrogen (secondary N) is 1. The number of carbonyl (C=O) groups excluding carboxylic acids is 1. The number of nitrogens with zero attached hydrogens (tertiary/aromatic N) is 3. The van der Waals surface area contributed by atoms with Gasteiger partial charge in [0, 0.05) is 11.3 Å². The van der Waals surface area contributed by atoms with Crippen LogP contribution in [0.4, 0.5) is 5.69 Å². The minimum absolute atomic E-state index is 0.206.